The van der Waals surface area contributed by atoms with Crippen LogP contribution in [0.1, 0.15) is 18.7 Å². The Bertz CT molecular complexity index is 884. The van der Waals surface area contributed by atoms with Crippen molar-refractivity contribution in [3.8, 4) is 0 Å². The number of nitrogens with one attached hydrogen (secondary N) is 2. The average molecular weight is 382 g/mol. The van der Waals surface area contributed by atoms with Gasteiger partial charge in [-0.25, -0.2) is 4.98 Å². The second-order valence-corrected chi connectivity index (χ2v) is 8.44. The van der Waals surface area contributed by atoms with E-state index in [9.17, 15) is 4.79 Å². The molecule has 0 bridgehead atoms. The lowest BCUT2D eigenvalue weighted by molar-refractivity contribution is 0.120. The highest BCUT2D eigenvalue weighted by Gasteiger charge is 2.16. The number of rotatable bonds is 6. The largest absolute Gasteiger partial charge is 0.376 e. The number of hydrogen-bond donors (Lipinski definition) is 2. The van der Waals surface area contributed by atoms with Crippen LogP contribution in [-0.2, 0) is 10.5 Å². The third-order valence-corrected chi connectivity index (χ3v) is 6.54. The van der Waals surface area contributed by atoms with Crippen LogP contribution in [0.3, 0.4) is 0 Å². The van der Waals surface area contributed by atoms with Gasteiger partial charge in [0.1, 0.15) is 10.5 Å². The Labute approximate surface area is 149 Å². The maximum absolute atomic E-state index is 11.9. The lowest BCUT2D eigenvalue weighted by Gasteiger charge is -2.08. The molecular weight excluding hydrogens is 366 g/mol. The maximum atomic E-state index is 11.9. The van der Waals surface area contributed by atoms with Gasteiger partial charge in [0.2, 0.25) is 5.13 Å². The van der Waals surface area contributed by atoms with E-state index in [-0.39, 0.29) is 11.7 Å². The minimum atomic E-state index is -0.0817. The smallest absolute Gasteiger partial charge is 0.268 e. The molecule has 1 unspecified atom stereocenters. The predicted molar refractivity (Wildman–Crippen MR) is 97.2 cm³/mol. The number of ether oxygens (including phenoxy) is 1. The molecule has 4 rings (SSSR count). The highest BCUT2D eigenvalue weighted by atomic mass is 32.2. The van der Waals surface area contributed by atoms with Gasteiger partial charge in [-0.1, -0.05) is 23.1 Å². The normalized spacial score (nSPS) is 17.6. The summed E-state index contributed by atoms with van der Waals surface area (Å²) in [6.07, 6.45) is 2.50. The van der Waals surface area contributed by atoms with Crippen LogP contribution < -0.4 is 10.9 Å². The second-order valence-electron chi connectivity index (χ2n) is 5.33. The van der Waals surface area contributed by atoms with E-state index < -0.39 is 0 Å². The van der Waals surface area contributed by atoms with Crippen LogP contribution in [0.2, 0.25) is 0 Å². The van der Waals surface area contributed by atoms with Gasteiger partial charge in [0.05, 0.1) is 17.4 Å². The first-order valence-corrected chi connectivity index (χ1v) is 10.2. The summed E-state index contributed by atoms with van der Waals surface area (Å²) in [6.45, 7) is 1.62. The molecule has 0 radical (unpaired) electrons. The molecule has 2 N–H and O–H groups in total. The van der Waals surface area contributed by atoms with Crippen molar-refractivity contribution in [2.45, 2.75) is 29.0 Å². The van der Waals surface area contributed by atoms with Crippen molar-refractivity contribution in [3.63, 3.8) is 0 Å². The number of nitrogens with zero attached hydrogens (tertiary/aromatic N) is 3. The number of hydrogen-bond acceptors (Lipinski definition) is 9. The quantitative estimate of drug-likeness (QED) is 0.634. The van der Waals surface area contributed by atoms with Crippen LogP contribution in [0.25, 0.3) is 10.2 Å². The van der Waals surface area contributed by atoms with Gasteiger partial charge in [0.15, 0.2) is 4.34 Å². The van der Waals surface area contributed by atoms with Crippen LogP contribution in [0.5, 0.6) is 0 Å². The van der Waals surface area contributed by atoms with Crippen LogP contribution in [0.4, 0.5) is 5.13 Å². The molecule has 1 saturated heterocycles. The van der Waals surface area contributed by atoms with Crippen LogP contribution in [0, 0.1) is 0 Å². The predicted octanol–water partition coefficient (Wildman–Crippen LogP) is 2.72. The van der Waals surface area contributed by atoms with E-state index in [4.69, 9.17) is 4.74 Å². The van der Waals surface area contributed by atoms with Gasteiger partial charge in [0, 0.05) is 13.2 Å². The highest BCUT2D eigenvalue weighted by Crippen LogP contribution is 2.28. The topological polar surface area (TPSA) is 92.8 Å². The van der Waals surface area contributed by atoms with Crippen molar-refractivity contribution in [1.29, 1.82) is 0 Å². The molecule has 0 amide bonds. The minimum absolute atomic E-state index is 0.0817. The van der Waals surface area contributed by atoms with Gasteiger partial charge >= 0.3 is 0 Å². The first-order valence-electron chi connectivity index (χ1n) is 7.56. The molecule has 126 valence electrons. The number of fused-ring (bicyclic) bond motifs is 1. The van der Waals surface area contributed by atoms with Gasteiger partial charge in [-0.05, 0) is 24.3 Å². The van der Waals surface area contributed by atoms with E-state index in [1.54, 1.807) is 0 Å². The van der Waals surface area contributed by atoms with Crippen LogP contribution in [-0.4, -0.2) is 39.4 Å². The fraction of sp³-hybridized carbons (Fsp3) is 0.429. The molecule has 0 aliphatic carbocycles. The summed E-state index contributed by atoms with van der Waals surface area (Å²) in [4.78, 5) is 19.2. The van der Waals surface area contributed by atoms with Gasteiger partial charge in [-0.3, -0.25) is 4.79 Å². The Morgan fingerprint density at radius 3 is 3.29 bits per heavy atom. The zero-order chi connectivity index (χ0) is 16.4. The molecule has 0 saturated carbocycles. The molecule has 3 aromatic heterocycles. The molecule has 1 atom stereocenters. The summed E-state index contributed by atoms with van der Waals surface area (Å²) in [7, 11) is 0. The van der Waals surface area contributed by atoms with Crippen molar-refractivity contribution in [2.75, 3.05) is 18.5 Å². The molecule has 4 heterocycles. The molecule has 1 fully saturated rings. The number of thiophene rings is 1. The van der Waals surface area contributed by atoms with Crippen molar-refractivity contribution in [1.82, 2.24) is 20.2 Å². The Hall–Kier alpha value is -1.49. The van der Waals surface area contributed by atoms with E-state index in [0.29, 0.717) is 16.3 Å². The molecular formula is C14H15N5O2S3. The molecule has 0 spiro atoms. The zero-order valence-corrected chi connectivity index (χ0v) is 15.1. The Balaban J connectivity index is 1.35. The molecule has 24 heavy (non-hydrogen) atoms. The number of anilines is 1. The van der Waals surface area contributed by atoms with Crippen molar-refractivity contribution in [2.24, 2.45) is 0 Å². The summed E-state index contributed by atoms with van der Waals surface area (Å²) in [5, 5.41) is 14.2. The summed E-state index contributed by atoms with van der Waals surface area (Å²) >= 11 is 4.42. The van der Waals surface area contributed by atoms with Gasteiger partial charge in [-0.2, -0.15) is 0 Å². The van der Waals surface area contributed by atoms with Gasteiger partial charge in [-0.15, -0.1) is 21.5 Å². The number of thioether (sulfide) groups is 1. The molecule has 3 aromatic rings. The van der Waals surface area contributed by atoms with E-state index in [2.05, 4.69) is 25.5 Å². The molecule has 0 aromatic carbocycles. The molecule has 1 aliphatic rings. The zero-order valence-electron chi connectivity index (χ0n) is 12.7. The van der Waals surface area contributed by atoms with E-state index in [1.165, 1.54) is 34.4 Å². The first-order chi connectivity index (χ1) is 11.8. The molecule has 10 heteroatoms. The third kappa shape index (κ3) is 3.61. The number of aromatic amines is 1. The van der Waals surface area contributed by atoms with E-state index in [1.807, 2.05) is 11.4 Å². The fourth-order valence-corrected chi connectivity index (χ4v) is 4.82. The summed E-state index contributed by atoms with van der Waals surface area (Å²) in [5.41, 5.74) is 0.664. The number of H-pyrrole nitrogens is 1. The second kappa shape index (κ2) is 7.18. The van der Waals surface area contributed by atoms with Crippen molar-refractivity contribution in [3.05, 3.63) is 27.6 Å². The number of aromatic nitrogens is 4. The molecule has 1 aliphatic heterocycles. The first kappa shape index (κ1) is 16.0. The average Bonchev–Trinajstić information content (AvgIpc) is 3.32. The lowest BCUT2D eigenvalue weighted by atomic mass is 10.2. The van der Waals surface area contributed by atoms with Crippen molar-refractivity contribution < 1.29 is 4.74 Å². The summed E-state index contributed by atoms with van der Waals surface area (Å²) < 4.78 is 7.09. The van der Waals surface area contributed by atoms with E-state index >= 15 is 0 Å². The van der Waals surface area contributed by atoms with Gasteiger partial charge < -0.3 is 15.0 Å². The monoisotopic (exact) mass is 381 g/mol. The van der Waals surface area contributed by atoms with Gasteiger partial charge in [0.25, 0.3) is 5.56 Å². The maximum Gasteiger partial charge on any atom is 0.268 e. The van der Waals surface area contributed by atoms with E-state index in [0.717, 1.165) is 41.0 Å². The lowest BCUT2D eigenvalue weighted by Crippen LogP contribution is -2.18. The van der Waals surface area contributed by atoms with Crippen molar-refractivity contribution >= 4 is 49.8 Å². The highest BCUT2D eigenvalue weighted by molar-refractivity contribution is 8.00. The fourth-order valence-electron chi connectivity index (χ4n) is 2.47. The minimum Gasteiger partial charge on any atom is -0.376 e. The summed E-state index contributed by atoms with van der Waals surface area (Å²) in [6, 6.07) is 1.86. The Kier molecular flexibility index (Phi) is 4.79. The Morgan fingerprint density at radius 1 is 1.46 bits per heavy atom. The third-order valence-electron chi connectivity index (χ3n) is 3.61. The standard InChI is InChI=1S/C14H15N5O2S3/c20-12-11-9(3-5-22-11)16-10(17-12)7-23-14-19-18-13(24-14)15-6-8-2-1-4-21-8/h3,5,8H,1-2,4,6-7H2,(H,15,18)(H,16,17,20). The molecule has 7 nitrogen and oxygen atoms in total. The summed E-state index contributed by atoms with van der Waals surface area (Å²) in [5.74, 6) is 1.21. The van der Waals surface area contributed by atoms with Crippen LogP contribution in [0.15, 0.2) is 20.6 Å². The SMILES string of the molecule is O=c1[nH]c(CSc2nnc(NCC3CCCO3)s2)nc2ccsc12. The van der Waals surface area contributed by atoms with Crippen LogP contribution >= 0.6 is 34.4 Å². The Morgan fingerprint density at radius 2 is 2.42 bits per heavy atom.